The monoisotopic (exact) mass is 285 g/mol. The van der Waals surface area contributed by atoms with Gasteiger partial charge in [-0.15, -0.1) is 0 Å². The van der Waals surface area contributed by atoms with Gasteiger partial charge < -0.3 is 15.0 Å². The number of aromatic nitrogens is 1. The molecule has 2 rings (SSSR count). The van der Waals surface area contributed by atoms with Gasteiger partial charge in [0.15, 0.2) is 0 Å². The van der Waals surface area contributed by atoms with E-state index in [9.17, 15) is 4.79 Å². The number of rotatable bonds is 4. The van der Waals surface area contributed by atoms with Crippen molar-refractivity contribution in [3.63, 3.8) is 0 Å². The molecule has 0 radical (unpaired) electrons. The number of pyridine rings is 1. The molecule has 1 aromatic heterocycles. The Hall–Kier alpha value is -2.56. The molecule has 0 saturated heterocycles. The smallest absolute Gasteiger partial charge is 0.261 e. The lowest BCUT2D eigenvalue weighted by Crippen LogP contribution is -2.28. The largest absolute Gasteiger partial charge is 0.490 e. The third-order valence-corrected chi connectivity index (χ3v) is 3.12. The van der Waals surface area contributed by atoms with Crippen molar-refractivity contribution in [2.75, 3.05) is 0 Å². The number of nitrogens with one attached hydrogen (secondary N) is 1. The summed E-state index contributed by atoms with van der Waals surface area (Å²) < 4.78 is 7.28. The second-order valence-corrected chi connectivity index (χ2v) is 5.07. The molecule has 0 unspecified atom stereocenters. The Morgan fingerprint density at radius 2 is 1.90 bits per heavy atom. The summed E-state index contributed by atoms with van der Waals surface area (Å²) in [7, 11) is 1.66. The Morgan fingerprint density at radius 1 is 1.24 bits per heavy atom. The Bertz CT molecular complexity index is 733. The fourth-order valence-corrected chi connectivity index (χ4v) is 2.15. The van der Waals surface area contributed by atoms with E-state index in [1.807, 2.05) is 38.1 Å². The number of para-hydroxylation sites is 1. The van der Waals surface area contributed by atoms with Gasteiger partial charge in [0.05, 0.1) is 17.4 Å². The molecule has 0 spiro atoms. The number of nitrogen functional groups attached to an aromatic ring is 1. The van der Waals surface area contributed by atoms with Gasteiger partial charge in [0, 0.05) is 12.6 Å². The van der Waals surface area contributed by atoms with Gasteiger partial charge in [-0.05, 0) is 38.1 Å². The molecule has 0 fully saturated rings. The predicted molar refractivity (Wildman–Crippen MR) is 83.9 cm³/mol. The number of hydrogen-bond acceptors (Lipinski definition) is 3. The third kappa shape index (κ3) is 2.97. The zero-order valence-corrected chi connectivity index (χ0v) is 12.4. The summed E-state index contributed by atoms with van der Waals surface area (Å²) in [6, 6.07) is 10.9. The van der Waals surface area contributed by atoms with Crippen molar-refractivity contribution >= 4 is 5.84 Å². The van der Waals surface area contributed by atoms with Crippen molar-refractivity contribution in [3.8, 4) is 17.0 Å². The highest BCUT2D eigenvalue weighted by Gasteiger charge is 2.13. The highest BCUT2D eigenvalue weighted by Crippen LogP contribution is 2.29. The first-order valence-corrected chi connectivity index (χ1v) is 6.72. The predicted octanol–water partition coefficient (Wildman–Crippen LogP) is 2.12. The summed E-state index contributed by atoms with van der Waals surface area (Å²) in [4.78, 5) is 12.2. The van der Waals surface area contributed by atoms with Crippen molar-refractivity contribution in [2.24, 2.45) is 12.8 Å². The Balaban J connectivity index is 2.61. The fourth-order valence-electron chi connectivity index (χ4n) is 2.15. The Morgan fingerprint density at radius 3 is 2.52 bits per heavy atom. The maximum atomic E-state index is 12.2. The van der Waals surface area contributed by atoms with E-state index < -0.39 is 0 Å². The Labute approximate surface area is 123 Å². The average Bonchev–Trinajstić information content (AvgIpc) is 2.42. The van der Waals surface area contributed by atoms with E-state index in [4.69, 9.17) is 15.9 Å². The maximum absolute atomic E-state index is 12.2. The van der Waals surface area contributed by atoms with Crippen LogP contribution in [-0.2, 0) is 7.05 Å². The number of nitrogens with zero attached hydrogens (tertiary/aromatic N) is 1. The Kier molecular flexibility index (Phi) is 4.12. The minimum Gasteiger partial charge on any atom is -0.490 e. The van der Waals surface area contributed by atoms with Gasteiger partial charge in [0.25, 0.3) is 5.56 Å². The van der Waals surface area contributed by atoms with Crippen molar-refractivity contribution in [1.82, 2.24) is 4.57 Å². The molecule has 0 saturated carbocycles. The molecule has 110 valence electrons. The zero-order chi connectivity index (χ0) is 15.6. The van der Waals surface area contributed by atoms with Crippen LogP contribution in [0.25, 0.3) is 11.3 Å². The van der Waals surface area contributed by atoms with Crippen LogP contribution in [0.2, 0.25) is 0 Å². The lowest BCUT2D eigenvalue weighted by molar-refractivity contribution is 0.243. The van der Waals surface area contributed by atoms with Crippen LogP contribution >= 0.6 is 0 Å². The van der Waals surface area contributed by atoms with Crippen LogP contribution in [0, 0.1) is 5.41 Å². The molecular formula is C16H19N3O2. The number of benzene rings is 1. The maximum Gasteiger partial charge on any atom is 0.261 e. The van der Waals surface area contributed by atoms with E-state index >= 15 is 0 Å². The standard InChI is InChI=1S/C16H19N3O2/c1-10(2)21-14-7-5-4-6-11(14)13-9-8-12(15(17)18)16(20)19(13)3/h4-10H,1-3H3,(H3,17,18). The molecular weight excluding hydrogens is 266 g/mol. The molecule has 21 heavy (non-hydrogen) atoms. The second kappa shape index (κ2) is 5.83. The molecule has 1 aromatic carbocycles. The lowest BCUT2D eigenvalue weighted by Gasteiger charge is -2.16. The molecule has 0 amide bonds. The van der Waals surface area contributed by atoms with Crippen LogP contribution < -0.4 is 16.0 Å². The van der Waals surface area contributed by atoms with Crippen molar-refractivity contribution in [3.05, 3.63) is 52.3 Å². The van der Waals surface area contributed by atoms with Crippen molar-refractivity contribution in [2.45, 2.75) is 20.0 Å². The second-order valence-electron chi connectivity index (χ2n) is 5.07. The zero-order valence-electron chi connectivity index (χ0n) is 12.4. The van der Waals surface area contributed by atoms with Gasteiger partial charge in [-0.25, -0.2) is 0 Å². The van der Waals surface area contributed by atoms with Crippen LogP contribution in [0.4, 0.5) is 0 Å². The highest BCUT2D eigenvalue weighted by molar-refractivity contribution is 5.94. The first-order valence-electron chi connectivity index (χ1n) is 6.72. The molecule has 3 N–H and O–H groups in total. The van der Waals surface area contributed by atoms with Gasteiger partial charge in [-0.1, -0.05) is 12.1 Å². The van der Waals surface area contributed by atoms with E-state index in [-0.39, 0.29) is 23.1 Å². The van der Waals surface area contributed by atoms with Crippen LogP contribution in [0.5, 0.6) is 5.75 Å². The molecule has 5 nitrogen and oxygen atoms in total. The average molecular weight is 285 g/mol. The quantitative estimate of drug-likeness (QED) is 0.667. The molecule has 0 aliphatic heterocycles. The number of amidine groups is 1. The van der Waals surface area contributed by atoms with E-state index in [2.05, 4.69) is 0 Å². The van der Waals surface area contributed by atoms with Crippen molar-refractivity contribution < 1.29 is 4.74 Å². The molecule has 0 bridgehead atoms. The topological polar surface area (TPSA) is 81.1 Å². The summed E-state index contributed by atoms with van der Waals surface area (Å²) in [5, 5.41) is 7.42. The van der Waals surface area contributed by atoms with Crippen molar-refractivity contribution in [1.29, 1.82) is 5.41 Å². The first kappa shape index (κ1) is 14.8. The fraction of sp³-hybridized carbons (Fsp3) is 0.250. The summed E-state index contributed by atoms with van der Waals surface area (Å²) >= 11 is 0. The summed E-state index contributed by atoms with van der Waals surface area (Å²) in [5.74, 6) is 0.493. The lowest BCUT2D eigenvalue weighted by atomic mass is 10.1. The van der Waals surface area contributed by atoms with Crippen LogP contribution in [0.1, 0.15) is 19.4 Å². The molecule has 0 atom stereocenters. The van der Waals surface area contributed by atoms with Crippen LogP contribution in [-0.4, -0.2) is 16.5 Å². The SMILES string of the molecule is CC(C)Oc1ccccc1-c1ccc(C(=N)N)c(=O)n1C. The first-order chi connectivity index (χ1) is 9.91. The van der Waals surface area contributed by atoms with Gasteiger partial charge in [0.1, 0.15) is 11.6 Å². The minimum atomic E-state index is -0.292. The third-order valence-electron chi connectivity index (χ3n) is 3.12. The van der Waals surface area contributed by atoms with E-state index in [0.717, 1.165) is 17.0 Å². The van der Waals surface area contributed by atoms with Gasteiger partial charge in [0.2, 0.25) is 0 Å². The van der Waals surface area contributed by atoms with Crippen LogP contribution in [0.3, 0.4) is 0 Å². The summed E-state index contributed by atoms with van der Waals surface area (Å²) in [5.41, 5.74) is 6.88. The van der Waals surface area contributed by atoms with E-state index in [1.165, 1.54) is 4.57 Å². The van der Waals surface area contributed by atoms with Gasteiger partial charge >= 0.3 is 0 Å². The molecule has 2 aromatic rings. The minimum absolute atomic E-state index is 0.0414. The highest BCUT2D eigenvalue weighted by atomic mass is 16.5. The number of ether oxygens (including phenoxy) is 1. The normalized spacial score (nSPS) is 10.7. The summed E-state index contributed by atoms with van der Waals surface area (Å²) in [6.07, 6.45) is 0.0414. The number of hydrogen-bond donors (Lipinski definition) is 2. The number of nitrogens with two attached hydrogens (primary N) is 1. The van der Waals surface area contributed by atoms with E-state index in [1.54, 1.807) is 19.2 Å². The molecule has 0 aliphatic carbocycles. The molecule has 1 heterocycles. The molecule has 5 heteroatoms. The summed E-state index contributed by atoms with van der Waals surface area (Å²) in [6.45, 7) is 3.91. The van der Waals surface area contributed by atoms with E-state index in [0.29, 0.717) is 0 Å². The van der Waals surface area contributed by atoms with Gasteiger partial charge in [-0.2, -0.15) is 0 Å². The van der Waals surface area contributed by atoms with Crippen LogP contribution in [0.15, 0.2) is 41.2 Å². The van der Waals surface area contributed by atoms with Gasteiger partial charge in [-0.3, -0.25) is 10.2 Å². The molecule has 0 aliphatic rings.